The van der Waals surface area contributed by atoms with Crippen molar-refractivity contribution < 1.29 is 4.74 Å². The Labute approximate surface area is 197 Å². The molecule has 0 aliphatic carbocycles. The Kier molecular flexibility index (Phi) is 4.64. The predicted octanol–water partition coefficient (Wildman–Crippen LogP) is 6.68. The number of nitrogens with one attached hydrogen (secondary N) is 1. The van der Waals surface area contributed by atoms with Gasteiger partial charge in [0.15, 0.2) is 0 Å². The largest absolute Gasteiger partial charge is 0.497 e. The van der Waals surface area contributed by atoms with E-state index < -0.39 is 0 Å². The summed E-state index contributed by atoms with van der Waals surface area (Å²) in [4.78, 5) is 26.5. The van der Waals surface area contributed by atoms with Crippen LogP contribution >= 0.6 is 22.9 Å². The normalized spacial score (nSPS) is 11.5. The summed E-state index contributed by atoms with van der Waals surface area (Å²) in [5.74, 6) is 1.28. The number of nitrogens with zero attached hydrogens (tertiary/aromatic N) is 2. The van der Waals surface area contributed by atoms with Crippen molar-refractivity contribution in [3.8, 4) is 28.3 Å². The fourth-order valence-corrected chi connectivity index (χ4v) is 5.26. The van der Waals surface area contributed by atoms with E-state index in [-0.39, 0.29) is 5.56 Å². The van der Waals surface area contributed by atoms with Crippen molar-refractivity contribution in [1.82, 2.24) is 15.0 Å². The van der Waals surface area contributed by atoms with Gasteiger partial charge in [0.25, 0.3) is 5.56 Å². The average molecular weight is 470 g/mol. The number of ether oxygens (including phenoxy) is 1. The molecule has 33 heavy (non-hydrogen) atoms. The van der Waals surface area contributed by atoms with Gasteiger partial charge in [-0.2, -0.15) is 0 Å². The number of hydrogen-bond donors (Lipinski definition) is 1. The number of pyridine rings is 1. The van der Waals surface area contributed by atoms with E-state index in [4.69, 9.17) is 26.3 Å². The minimum absolute atomic E-state index is 0.183. The highest BCUT2D eigenvalue weighted by Gasteiger charge is 2.20. The molecule has 0 atom stereocenters. The Morgan fingerprint density at radius 3 is 2.39 bits per heavy atom. The standard InChI is InChI=1S/C26H16ClN3O2S/c1-32-17-12-8-14(9-13-17)20-18-4-2-3-5-19(18)28-26-21(20)22-23(33-26)25(31)30-24(29-22)15-6-10-16(27)11-7-15/h2-13H,1H3,(H,29,30,31). The van der Waals surface area contributed by atoms with E-state index in [1.165, 1.54) is 11.3 Å². The first kappa shape index (κ1) is 19.9. The summed E-state index contributed by atoms with van der Waals surface area (Å²) in [7, 11) is 1.65. The average Bonchev–Trinajstić information content (AvgIpc) is 3.22. The molecule has 3 aromatic carbocycles. The molecular formula is C26H16ClN3O2S. The molecular weight excluding hydrogens is 454 g/mol. The minimum atomic E-state index is -0.183. The lowest BCUT2D eigenvalue weighted by molar-refractivity contribution is 0.415. The minimum Gasteiger partial charge on any atom is -0.497 e. The van der Waals surface area contributed by atoms with Crippen LogP contribution in [0.3, 0.4) is 0 Å². The van der Waals surface area contributed by atoms with Crippen LogP contribution in [-0.2, 0) is 0 Å². The highest BCUT2D eigenvalue weighted by molar-refractivity contribution is 7.25. The zero-order valence-corrected chi connectivity index (χ0v) is 19.0. The number of para-hydroxylation sites is 1. The lowest BCUT2D eigenvalue weighted by Crippen LogP contribution is -2.07. The van der Waals surface area contributed by atoms with Crippen LogP contribution in [0.25, 0.3) is 53.9 Å². The molecule has 0 saturated heterocycles. The molecule has 7 heteroatoms. The summed E-state index contributed by atoms with van der Waals surface area (Å²) in [5, 5.41) is 2.51. The van der Waals surface area contributed by atoms with Crippen molar-refractivity contribution >= 4 is 54.3 Å². The molecule has 0 bridgehead atoms. The van der Waals surface area contributed by atoms with Crippen molar-refractivity contribution in [3.05, 3.63) is 88.2 Å². The van der Waals surface area contributed by atoms with E-state index in [0.717, 1.165) is 43.6 Å². The van der Waals surface area contributed by atoms with E-state index in [0.29, 0.717) is 21.1 Å². The second-order valence-electron chi connectivity index (χ2n) is 7.61. The lowest BCUT2D eigenvalue weighted by atomic mass is 9.97. The van der Waals surface area contributed by atoms with Gasteiger partial charge in [-0.3, -0.25) is 4.79 Å². The van der Waals surface area contributed by atoms with Gasteiger partial charge in [-0.1, -0.05) is 41.9 Å². The van der Waals surface area contributed by atoms with Gasteiger partial charge in [0, 0.05) is 26.9 Å². The summed E-state index contributed by atoms with van der Waals surface area (Å²) in [5.41, 5.74) is 4.14. The SMILES string of the molecule is COc1ccc(-c2c3ccccc3nc3sc4c(=O)[nH]c(-c5ccc(Cl)cc5)nc4c23)cc1. The van der Waals surface area contributed by atoms with E-state index in [1.807, 2.05) is 54.6 Å². The molecule has 0 saturated carbocycles. The van der Waals surface area contributed by atoms with Gasteiger partial charge in [0.05, 0.1) is 18.1 Å². The molecule has 6 aromatic rings. The maximum Gasteiger partial charge on any atom is 0.269 e. The third-order valence-electron chi connectivity index (χ3n) is 5.67. The van der Waals surface area contributed by atoms with Gasteiger partial charge in [0.2, 0.25) is 0 Å². The number of hydrogen-bond acceptors (Lipinski definition) is 5. The predicted molar refractivity (Wildman–Crippen MR) is 135 cm³/mol. The maximum absolute atomic E-state index is 13.1. The first-order valence-corrected chi connectivity index (χ1v) is 11.5. The van der Waals surface area contributed by atoms with Gasteiger partial charge in [-0.05, 0) is 48.0 Å². The topological polar surface area (TPSA) is 67.9 Å². The third-order valence-corrected chi connectivity index (χ3v) is 6.99. The Hall–Kier alpha value is -3.74. The van der Waals surface area contributed by atoms with E-state index in [9.17, 15) is 4.79 Å². The van der Waals surface area contributed by atoms with Crippen molar-refractivity contribution in [2.24, 2.45) is 0 Å². The Morgan fingerprint density at radius 1 is 0.909 bits per heavy atom. The molecule has 0 unspecified atom stereocenters. The van der Waals surface area contributed by atoms with Crippen LogP contribution < -0.4 is 10.3 Å². The fraction of sp³-hybridized carbons (Fsp3) is 0.0385. The van der Waals surface area contributed by atoms with Crippen LogP contribution in [0.1, 0.15) is 0 Å². The molecule has 1 N–H and O–H groups in total. The number of aromatic amines is 1. The zero-order chi connectivity index (χ0) is 22.5. The number of thiophene rings is 1. The highest BCUT2D eigenvalue weighted by Crippen LogP contribution is 2.41. The summed E-state index contributed by atoms with van der Waals surface area (Å²) >= 11 is 7.41. The van der Waals surface area contributed by atoms with Crippen LogP contribution in [0.5, 0.6) is 5.75 Å². The first-order valence-electron chi connectivity index (χ1n) is 10.3. The monoisotopic (exact) mass is 469 g/mol. The second kappa shape index (κ2) is 7.69. The highest BCUT2D eigenvalue weighted by atomic mass is 35.5. The van der Waals surface area contributed by atoms with E-state index >= 15 is 0 Å². The van der Waals surface area contributed by atoms with Crippen molar-refractivity contribution in [1.29, 1.82) is 0 Å². The zero-order valence-electron chi connectivity index (χ0n) is 17.4. The molecule has 0 amide bonds. The van der Waals surface area contributed by atoms with Gasteiger partial charge >= 0.3 is 0 Å². The second-order valence-corrected chi connectivity index (χ2v) is 9.05. The van der Waals surface area contributed by atoms with Gasteiger partial charge in [-0.15, -0.1) is 11.3 Å². The summed E-state index contributed by atoms with van der Waals surface area (Å²) in [6, 6.07) is 23.2. The van der Waals surface area contributed by atoms with Crippen LogP contribution in [0, 0.1) is 0 Å². The molecule has 0 aliphatic heterocycles. The summed E-state index contributed by atoms with van der Waals surface area (Å²) in [6.45, 7) is 0. The number of benzene rings is 3. The fourth-order valence-electron chi connectivity index (χ4n) is 4.11. The first-order chi connectivity index (χ1) is 16.1. The molecule has 0 spiro atoms. The summed E-state index contributed by atoms with van der Waals surface area (Å²) < 4.78 is 5.90. The molecule has 0 aliphatic rings. The number of halogens is 1. The van der Waals surface area contributed by atoms with Crippen molar-refractivity contribution in [2.75, 3.05) is 7.11 Å². The van der Waals surface area contributed by atoms with E-state index in [1.54, 1.807) is 19.2 Å². The molecule has 0 radical (unpaired) electrons. The molecule has 160 valence electrons. The Balaban J connectivity index is 1.74. The molecule has 0 fully saturated rings. The Bertz CT molecular complexity index is 1720. The lowest BCUT2D eigenvalue weighted by Gasteiger charge is -2.10. The van der Waals surface area contributed by atoms with Gasteiger partial charge < -0.3 is 9.72 Å². The molecule has 6 rings (SSSR count). The van der Waals surface area contributed by atoms with Crippen LogP contribution in [0.2, 0.25) is 5.02 Å². The van der Waals surface area contributed by atoms with Crippen molar-refractivity contribution in [2.45, 2.75) is 0 Å². The van der Waals surface area contributed by atoms with Crippen molar-refractivity contribution in [3.63, 3.8) is 0 Å². The van der Waals surface area contributed by atoms with Gasteiger partial charge in [-0.25, -0.2) is 9.97 Å². The summed E-state index contributed by atoms with van der Waals surface area (Å²) in [6.07, 6.45) is 0. The number of fused-ring (bicyclic) bond motifs is 4. The maximum atomic E-state index is 13.1. The molecule has 5 nitrogen and oxygen atoms in total. The molecule has 3 aromatic heterocycles. The van der Waals surface area contributed by atoms with Crippen LogP contribution in [-0.4, -0.2) is 22.1 Å². The number of methoxy groups -OCH3 is 1. The number of H-pyrrole nitrogens is 1. The van der Waals surface area contributed by atoms with E-state index in [2.05, 4.69) is 11.1 Å². The van der Waals surface area contributed by atoms with Crippen LogP contribution in [0.15, 0.2) is 77.6 Å². The number of aromatic nitrogens is 3. The van der Waals surface area contributed by atoms with Gasteiger partial charge in [0.1, 0.15) is 21.1 Å². The Morgan fingerprint density at radius 2 is 1.64 bits per heavy atom. The number of rotatable bonds is 3. The molecule has 3 heterocycles. The third kappa shape index (κ3) is 3.26. The van der Waals surface area contributed by atoms with Crippen LogP contribution in [0.4, 0.5) is 0 Å². The quantitative estimate of drug-likeness (QED) is 0.314. The smallest absolute Gasteiger partial charge is 0.269 e.